The number of hydrogen-bond donors (Lipinski definition) is 0. The minimum atomic E-state index is 0.312. The van der Waals surface area contributed by atoms with Gasteiger partial charge in [-0.05, 0) is 11.6 Å². The molecule has 0 atom stereocenters. The first kappa shape index (κ1) is 10.6. The summed E-state index contributed by atoms with van der Waals surface area (Å²) in [4.78, 5) is 3.89. The third-order valence-electron chi connectivity index (χ3n) is 1.48. The van der Waals surface area contributed by atoms with Crippen molar-refractivity contribution >= 4 is 34.5 Å². The van der Waals surface area contributed by atoms with Crippen molar-refractivity contribution in [2.75, 3.05) is 0 Å². The van der Waals surface area contributed by atoms with E-state index in [1.807, 2.05) is 0 Å². The normalized spacial score (nSPS) is 10.3. The molecule has 0 bridgehead atoms. The number of nitrogens with zero attached hydrogens (tertiary/aromatic N) is 3. The molecule has 0 N–H and O–H groups in total. The molecule has 2 rings (SSSR count). The van der Waals surface area contributed by atoms with Gasteiger partial charge in [0.15, 0.2) is 5.01 Å². The quantitative estimate of drug-likeness (QED) is 0.853. The zero-order valence-corrected chi connectivity index (χ0v) is 9.68. The number of pyridine rings is 1. The van der Waals surface area contributed by atoms with Crippen LogP contribution in [0.4, 0.5) is 0 Å². The summed E-state index contributed by atoms with van der Waals surface area (Å²) in [7, 11) is 0. The van der Waals surface area contributed by atoms with E-state index in [1.54, 1.807) is 12.3 Å². The second-order valence-corrected chi connectivity index (χ2v) is 4.66. The topological polar surface area (TPSA) is 47.9 Å². The smallest absolute Gasteiger partial charge is 0.207 e. The molecule has 0 aliphatic rings. The Hall–Kier alpha value is -0.910. The van der Waals surface area contributed by atoms with Gasteiger partial charge in [0.2, 0.25) is 4.47 Å². The third-order valence-corrected chi connectivity index (χ3v) is 2.68. The molecule has 0 unspecified atom stereocenters. The van der Waals surface area contributed by atoms with E-state index < -0.39 is 0 Å². The Balaban J connectivity index is 1.99. The molecule has 2 aromatic rings. The van der Waals surface area contributed by atoms with Crippen molar-refractivity contribution < 1.29 is 4.74 Å². The standard InChI is InChI=1S/C8H5Cl2N3OS/c9-5-1-6(3-11-2-5)14-4-7-12-13-8(10)15-7/h1-3H,4H2. The Morgan fingerprint density at radius 1 is 1.27 bits per heavy atom. The van der Waals surface area contributed by atoms with Crippen molar-refractivity contribution in [3.05, 3.63) is 33.0 Å². The maximum Gasteiger partial charge on any atom is 0.207 e. The van der Waals surface area contributed by atoms with E-state index >= 15 is 0 Å². The summed E-state index contributed by atoms with van der Waals surface area (Å²) < 4.78 is 5.79. The predicted octanol–water partition coefficient (Wildman–Crippen LogP) is 2.82. The first-order chi connectivity index (χ1) is 7.24. The van der Waals surface area contributed by atoms with Gasteiger partial charge in [-0.2, -0.15) is 0 Å². The maximum atomic E-state index is 5.74. The van der Waals surface area contributed by atoms with Crippen LogP contribution in [0.5, 0.6) is 5.75 Å². The van der Waals surface area contributed by atoms with Gasteiger partial charge in [0.25, 0.3) is 0 Å². The number of ether oxygens (including phenoxy) is 1. The van der Waals surface area contributed by atoms with Gasteiger partial charge in [0.05, 0.1) is 11.2 Å². The number of hydrogen-bond acceptors (Lipinski definition) is 5. The van der Waals surface area contributed by atoms with Gasteiger partial charge in [0, 0.05) is 12.3 Å². The Labute approximate surface area is 99.8 Å². The van der Waals surface area contributed by atoms with Crippen LogP contribution in [0.15, 0.2) is 18.5 Å². The molecule has 0 fully saturated rings. The first-order valence-corrected chi connectivity index (χ1v) is 5.52. The van der Waals surface area contributed by atoms with Gasteiger partial charge in [0.1, 0.15) is 12.4 Å². The van der Waals surface area contributed by atoms with Crippen molar-refractivity contribution in [2.24, 2.45) is 0 Å². The molecule has 0 aromatic carbocycles. The maximum absolute atomic E-state index is 5.74. The van der Waals surface area contributed by atoms with Gasteiger partial charge in [-0.25, -0.2) is 0 Å². The molecule has 2 aromatic heterocycles. The highest BCUT2D eigenvalue weighted by molar-refractivity contribution is 7.15. The lowest BCUT2D eigenvalue weighted by molar-refractivity contribution is 0.303. The van der Waals surface area contributed by atoms with Crippen LogP contribution in [0, 0.1) is 0 Å². The van der Waals surface area contributed by atoms with E-state index in [-0.39, 0.29) is 0 Å². The second kappa shape index (κ2) is 4.74. The van der Waals surface area contributed by atoms with Crippen LogP contribution in [-0.2, 0) is 6.61 Å². The molecule has 0 radical (unpaired) electrons. The molecule has 78 valence electrons. The summed E-state index contributed by atoms with van der Waals surface area (Å²) >= 11 is 12.6. The van der Waals surface area contributed by atoms with Gasteiger partial charge >= 0.3 is 0 Å². The van der Waals surface area contributed by atoms with E-state index in [1.165, 1.54) is 17.5 Å². The zero-order chi connectivity index (χ0) is 10.7. The van der Waals surface area contributed by atoms with Crippen LogP contribution in [0.2, 0.25) is 9.49 Å². The minimum absolute atomic E-state index is 0.312. The van der Waals surface area contributed by atoms with Crippen molar-refractivity contribution in [1.29, 1.82) is 0 Å². The average molecular weight is 262 g/mol. The fraction of sp³-hybridized carbons (Fsp3) is 0.125. The van der Waals surface area contributed by atoms with E-state index in [4.69, 9.17) is 27.9 Å². The van der Waals surface area contributed by atoms with Crippen LogP contribution >= 0.6 is 34.5 Å². The van der Waals surface area contributed by atoms with E-state index in [0.717, 1.165) is 0 Å². The number of aromatic nitrogens is 3. The second-order valence-electron chi connectivity index (χ2n) is 2.58. The Kier molecular flexibility index (Phi) is 3.35. The molecule has 0 amide bonds. The summed E-state index contributed by atoms with van der Waals surface area (Å²) in [5, 5.41) is 8.71. The van der Waals surface area contributed by atoms with Crippen molar-refractivity contribution in [2.45, 2.75) is 6.61 Å². The number of rotatable bonds is 3. The zero-order valence-electron chi connectivity index (χ0n) is 7.35. The summed E-state index contributed by atoms with van der Waals surface area (Å²) in [5.41, 5.74) is 0. The Bertz CT molecular complexity index is 463. The molecular weight excluding hydrogens is 257 g/mol. The van der Waals surface area contributed by atoms with Crippen LogP contribution in [0.1, 0.15) is 5.01 Å². The predicted molar refractivity (Wildman–Crippen MR) is 58.5 cm³/mol. The molecule has 2 heterocycles. The number of halogens is 2. The van der Waals surface area contributed by atoms with Crippen LogP contribution in [0.3, 0.4) is 0 Å². The van der Waals surface area contributed by atoms with Crippen molar-refractivity contribution in [3.8, 4) is 5.75 Å². The highest BCUT2D eigenvalue weighted by atomic mass is 35.5. The van der Waals surface area contributed by atoms with Crippen molar-refractivity contribution in [1.82, 2.24) is 15.2 Å². The van der Waals surface area contributed by atoms with Crippen LogP contribution in [0.25, 0.3) is 0 Å². The molecule has 0 aliphatic heterocycles. The monoisotopic (exact) mass is 261 g/mol. The van der Waals surface area contributed by atoms with Crippen molar-refractivity contribution in [3.63, 3.8) is 0 Å². The summed E-state index contributed by atoms with van der Waals surface area (Å²) in [6, 6.07) is 1.68. The molecule has 0 saturated heterocycles. The van der Waals surface area contributed by atoms with Gasteiger partial charge < -0.3 is 4.74 Å². The Morgan fingerprint density at radius 2 is 2.13 bits per heavy atom. The Morgan fingerprint density at radius 3 is 2.80 bits per heavy atom. The van der Waals surface area contributed by atoms with Crippen LogP contribution in [-0.4, -0.2) is 15.2 Å². The largest absolute Gasteiger partial charge is 0.485 e. The lowest BCUT2D eigenvalue weighted by Gasteiger charge is -2.02. The highest BCUT2D eigenvalue weighted by Gasteiger charge is 2.03. The first-order valence-electron chi connectivity index (χ1n) is 3.95. The molecule has 7 heteroatoms. The third kappa shape index (κ3) is 3.02. The molecular formula is C8H5Cl2N3OS. The summed E-state index contributed by atoms with van der Waals surface area (Å²) in [6.45, 7) is 0.312. The van der Waals surface area contributed by atoms with Gasteiger partial charge in [-0.15, -0.1) is 10.2 Å². The molecule has 4 nitrogen and oxygen atoms in total. The minimum Gasteiger partial charge on any atom is -0.485 e. The molecule has 15 heavy (non-hydrogen) atoms. The summed E-state index contributed by atoms with van der Waals surface area (Å²) in [6.07, 6.45) is 3.12. The molecule has 0 aliphatic carbocycles. The fourth-order valence-corrected chi connectivity index (χ4v) is 1.85. The lowest BCUT2D eigenvalue weighted by Crippen LogP contribution is -1.95. The van der Waals surface area contributed by atoms with Gasteiger partial charge in [-0.3, -0.25) is 4.98 Å². The summed E-state index contributed by atoms with van der Waals surface area (Å²) in [5.74, 6) is 0.592. The van der Waals surface area contributed by atoms with E-state index in [2.05, 4.69) is 15.2 Å². The van der Waals surface area contributed by atoms with E-state index in [0.29, 0.717) is 26.9 Å². The highest BCUT2D eigenvalue weighted by Crippen LogP contribution is 2.19. The average Bonchev–Trinajstić information content (AvgIpc) is 2.62. The molecule has 0 saturated carbocycles. The lowest BCUT2D eigenvalue weighted by atomic mass is 10.5. The van der Waals surface area contributed by atoms with Crippen LogP contribution < -0.4 is 4.74 Å². The fourth-order valence-electron chi connectivity index (χ4n) is 0.908. The van der Waals surface area contributed by atoms with E-state index in [9.17, 15) is 0 Å². The molecule has 0 spiro atoms. The van der Waals surface area contributed by atoms with Gasteiger partial charge in [-0.1, -0.05) is 22.9 Å². The SMILES string of the molecule is Clc1cncc(OCc2nnc(Cl)s2)c1.